The largest absolute Gasteiger partial charge is 0.464 e. The molecule has 0 spiro atoms. The van der Waals surface area contributed by atoms with E-state index in [1.165, 1.54) is 0 Å². The van der Waals surface area contributed by atoms with E-state index in [9.17, 15) is 4.79 Å². The summed E-state index contributed by atoms with van der Waals surface area (Å²) < 4.78 is 16.1. The summed E-state index contributed by atoms with van der Waals surface area (Å²) in [6.45, 7) is 5.97. The smallest absolute Gasteiger partial charge is 0.310 e. The predicted molar refractivity (Wildman–Crippen MR) is 104 cm³/mol. The average Bonchev–Trinajstić information content (AvgIpc) is 3.29. The average molecular weight is 376 g/mol. The van der Waals surface area contributed by atoms with Crippen LogP contribution in [0, 0.1) is 20.8 Å². The maximum Gasteiger partial charge on any atom is 0.310 e. The van der Waals surface area contributed by atoms with Gasteiger partial charge in [-0.15, -0.1) is 0 Å². The number of rotatable bonds is 5. The standard InChI is InChI=1S/C22H20N2O4/c1-13-6-4-5-7-17(13)22-23-20(28-24-22)12-27-21(25)10-16-11-26-19-9-15(3)14(2)8-18(16)19/h4-9,11H,10,12H2,1-3H3. The van der Waals surface area contributed by atoms with Gasteiger partial charge >= 0.3 is 5.97 Å². The molecule has 2 aromatic carbocycles. The molecular formula is C22H20N2O4. The van der Waals surface area contributed by atoms with Gasteiger partial charge in [-0.2, -0.15) is 4.98 Å². The van der Waals surface area contributed by atoms with Crippen molar-refractivity contribution in [3.8, 4) is 11.4 Å². The van der Waals surface area contributed by atoms with Crippen molar-refractivity contribution >= 4 is 16.9 Å². The van der Waals surface area contributed by atoms with Gasteiger partial charge in [0, 0.05) is 16.5 Å². The Bertz CT molecular complexity index is 1160. The first-order valence-corrected chi connectivity index (χ1v) is 9.03. The summed E-state index contributed by atoms with van der Waals surface area (Å²) >= 11 is 0. The molecule has 142 valence electrons. The van der Waals surface area contributed by atoms with Gasteiger partial charge in [-0.1, -0.05) is 29.4 Å². The van der Waals surface area contributed by atoms with E-state index >= 15 is 0 Å². The predicted octanol–water partition coefficient (Wildman–Crippen LogP) is 4.69. The Morgan fingerprint density at radius 2 is 1.86 bits per heavy atom. The zero-order chi connectivity index (χ0) is 19.7. The van der Waals surface area contributed by atoms with E-state index in [-0.39, 0.29) is 24.9 Å². The number of carbonyl (C=O) groups is 1. The quantitative estimate of drug-likeness (QED) is 0.470. The normalized spacial score (nSPS) is 11.1. The number of hydrogen-bond donors (Lipinski definition) is 0. The number of furan rings is 1. The number of esters is 1. The highest BCUT2D eigenvalue weighted by Gasteiger charge is 2.15. The fourth-order valence-electron chi connectivity index (χ4n) is 3.07. The Morgan fingerprint density at radius 3 is 2.68 bits per heavy atom. The fraction of sp³-hybridized carbons (Fsp3) is 0.227. The number of aryl methyl sites for hydroxylation is 3. The molecular weight excluding hydrogens is 356 g/mol. The van der Waals surface area contributed by atoms with Crippen LogP contribution in [0.2, 0.25) is 0 Å². The summed E-state index contributed by atoms with van der Waals surface area (Å²) in [5, 5.41) is 4.90. The molecule has 6 nitrogen and oxygen atoms in total. The summed E-state index contributed by atoms with van der Waals surface area (Å²) in [6, 6.07) is 11.8. The number of nitrogens with zero attached hydrogens (tertiary/aromatic N) is 2. The molecule has 0 amide bonds. The van der Waals surface area contributed by atoms with Gasteiger partial charge in [0.2, 0.25) is 5.82 Å². The maximum atomic E-state index is 12.3. The third-order valence-corrected chi connectivity index (χ3v) is 4.82. The molecule has 0 radical (unpaired) electrons. The zero-order valence-corrected chi connectivity index (χ0v) is 16.0. The van der Waals surface area contributed by atoms with Crippen molar-refractivity contribution < 1.29 is 18.5 Å². The monoisotopic (exact) mass is 376 g/mol. The minimum atomic E-state index is -0.378. The van der Waals surface area contributed by atoms with Crippen LogP contribution in [0.25, 0.3) is 22.4 Å². The van der Waals surface area contributed by atoms with Crippen LogP contribution in [0.4, 0.5) is 0 Å². The Balaban J connectivity index is 1.42. The van der Waals surface area contributed by atoms with Gasteiger partial charge in [-0.25, -0.2) is 0 Å². The third kappa shape index (κ3) is 3.53. The van der Waals surface area contributed by atoms with Crippen molar-refractivity contribution in [2.75, 3.05) is 0 Å². The van der Waals surface area contributed by atoms with Crippen molar-refractivity contribution in [2.45, 2.75) is 33.8 Å². The molecule has 0 unspecified atom stereocenters. The lowest BCUT2D eigenvalue weighted by Gasteiger charge is -2.02. The zero-order valence-electron chi connectivity index (χ0n) is 16.0. The van der Waals surface area contributed by atoms with Gasteiger partial charge < -0.3 is 13.7 Å². The van der Waals surface area contributed by atoms with Crippen LogP contribution in [0.5, 0.6) is 0 Å². The first-order chi connectivity index (χ1) is 13.5. The molecule has 0 aliphatic carbocycles. The van der Waals surface area contributed by atoms with E-state index in [0.717, 1.165) is 38.8 Å². The molecule has 0 N–H and O–H groups in total. The van der Waals surface area contributed by atoms with Gasteiger partial charge in [0.15, 0.2) is 6.61 Å². The molecule has 0 atom stereocenters. The van der Waals surface area contributed by atoms with Crippen molar-refractivity contribution in [3.05, 3.63) is 70.8 Å². The Morgan fingerprint density at radius 1 is 1.07 bits per heavy atom. The summed E-state index contributed by atoms with van der Waals surface area (Å²) in [5.74, 6) is 0.363. The van der Waals surface area contributed by atoms with Crippen LogP contribution in [0.3, 0.4) is 0 Å². The van der Waals surface area contributed by atoms with Crippen molar-refractivity contribution in [1.82, 2.24) is 10.1 Å². The Kier molecular flexibility index (Phi) is 4.69. The molecule has 0 bridgehead atoms. The van der Waals surface area contributed by atoms with E-state index < -0.39 is 0 Å². The van der Waals surface area contributed by atoms with Gasteiger partial charge in [0.05, 0.1) is 12.7 Å². The van der Waals surface area contributed by atoms with Gasteiger partial charge in [0.25, 0.3) is 5.89 Å². The van der Waals surface area contributed by atoms with E-state index in [1.807, 2.05) is 57.2 Å². The Labute approximate surface area is 162 Å². The first kappa shape index (κ1) is 18.0. The summed E-state index contributed by atoms with van der Waals surface area (Å²) in [4.78, 5) is 16.6. The number of benzene rings is 2. The molecule has 2 aromatic heterocycles. The highest BCUT2D eigenvalue weighted by atomic mass is 16.6. The van der Waals surface area contributed by atoms with Crippen molar-refractivity contribution in [1.29, 1.82) is 0 Å². The molecule has 4 aromatic rings. The molecule has 0 fully saturated rings. The molecule has 0 aliphatic heterocycles. The highest BCUT2D eigenvalue weighted by Crippen LogP contribution is 2.25. The minimum Gasteiger partial charge on any atom is -0.464 e. The minimum absolute atomic E-state index is 0.0639. The number of ether oxygens (including phenoxy) is 1. The first-order valence-electron chi connectivity index (χ1n) is 9.03. The summed E-state index contributed by atoms with van der Waals surface area (Å²) in [5.41, 5.74) is 5.80. The fourth-order valence-corrected chi connectivity index (χ4v) is 3.07. The number of hydrogen-bond acceptors (Lipinski definition) is 6. The Hall–Kier alpha value is -3.41. The highest BCUT2D eigenvalue weighted by molar-refractivity contribution is 5.86. The van der Waals surface area contributed by atoms with E-state index in [1.54, 1.807) is 6.26 Å². The van der Waals surface area contributed by atoms with E-state index in [2.05, 4.69) is 10.1 Å². The summed E-state index contributed by atoms with van der Waals surface area (Å²) in [7, 11) is 0. The molecule has 4 rings (SSSR count). The lowest BCUT2D eigenvalue weighted by atomic mass is 10.0. The lowest BCUT2D eigenvalue weighted by Crippen LogP contribution is -2.08. The van der Waals surface area contributed by atoms with E-state index in [0.29, 0.717) is 5.82 Å². The second-order valence-corrected chi connectivity index (χ2v) is 6.86. The van der Waals surface area contributed by atoms with Crippen LogP contribution < -0.4 is 0 Å². The number of aromatic nitrogens is 2. The lowest BCUT2D eigenvalue weighted by molar-refractivity contribution is -0.144. The van der Waals surface area contributed by atoms with Gasteiger partial charge in [0.1, 0.15) is 5.58 Å². The van der Waals surface area contributed by atoms with Gasteiger partial charge in [-0.05, 0) is 49.6 Å². The third-order valence-electron chi connectivity index (χ3n) is 4.82. The topological polar surface area (TPSA) is 78.4 Å². The van der Waals surface area contributed by atoms with Gasteiger partial charge in [-0.3, -0.25) is 4.79 Å². The molecule has 6 heteroatoms. The van der Waals surface area contributed by atoms with Crippen molar-refractivity contribution in [3.63, 3.8) is 0 Å². The second kappa shape index (κ2) is 7.31. The van der Waals surface area contributed by atoms with Crippen molar-refractivity contribution in [2.24, 2.45) is 0 Å². The van der Waals surface area contributed by atoms with Crippen LogP contribution in [0.15, 0.2) is 51.6 Å². The van der Waals surface area contributed by atoms with Crippen LogP contribution >= 0.6 is 0 Å². The second-order valence-electron chi connectivity index (χ2n) is 6.86. The number of carbonyl (C=O) groups excluding carboxylic acids is 1. The molecule has 0 saturated heterocycles. The van der Waals surface area contributed by atoms with Crippen LogP contribution in [-0.2, 0) is 22.6 Å². The molecule has 28 heavy (non-hydrogen) atoms. The SMILES string of the molecule is Cc1cc2occ(CC(=O)OCc3nc(-c4ccccc4C)no3)c2cc1C. The molecule has 2 heterocycles. The van der Waals surface area contributed by atoms with Crippen LogP contribution in [0.1, 0.15) is 28.1 Å². The summed E-state index contributed by atoms with van der Waals surface area (Å²) in [6.07, 6.45) is 1.72. The van der Waals surface area contributed by atoms with E-state index in [4.69, 9.17) is 13.7 Å². The number of fused-ring (bicyclic) bond motifs is 1. The van der Waals surface area contributed by atoms with Crippen LogP contribution in [-0.4, -0.2) is 16.1 Å². The molecule has 0 aliphatic rings. The molecule has 0 saturated carbocycles. The maximum absolute atomic E-state index is 12.3.